The van der Waals surface area contributed by atoms with Gasteiger partial charge in [-0.25, -0.2) is 9.37 Å². The Hall–Kier alpha value is -2.01. The number of nitrogens with one attached hydrogen (secondary N) is 2. The molecule has 0 fully saturated rings. The standard InChI is InChI=1S/C16H16FN3S/c1-11-2-7-14-15(10-11)20-16(19-14)21-9-8-18-13-5-3-12(17)4-6-13/h2-7,10,18H,8-9H2,1H3,(H,19,20). The van der Waals surface area contributed by atoms with Gasteiger partial charge in [0.15, 0.2) is 5.16 Å². The first-order valence-electron chi connectivity index (χ1n) is 6.79. The Labute approximate surface area is 127 Å². The molecule has 0 spiro atoms. The van der Waals surface area contributed by atoms with E-state index < -0.39 is 0 Å². The Morgan fingerprint density at radius 2 is 2.00 bits per heavy atom. The van der Waals surface area contributed by atoms with Crippen LogP contribution in [0.1, 0.15) is 5.56 Å². The molecule has 0 aliphatic carbocycles. The number of thioether (sulfide) groups is 1. The van der Waals surface area contributed by atoms with Gasteiger partial charge in [-0.2, -0.15) is 0 Å². The van der Waals surface area contributed by atoms with Crippen LogP contribution in [-0.2, 0) is 0 Å². The number of hydrogen-bond donors (Lipinski definition) is 2. The molecule has 0 bridgehead atoms. The van der Waals surface area contributed by atoms with Gasteiger partial charge in [0, 0.05) is 18.0 Å². The van der Waals surface area contributed by atoms with Crippen LogP contribution in [-0.4, -0.2) is 22.3 Å². The normalized spacial score (nSPS) is 11.0. The van der Waals surface area contributed by atoms with Gasteiger partial charge in [-0.05, 0) is 48.9 Å². The van der Waals surface area contributed by atoms with Crippen LogP contribution < -0.4 is 5.32 Å². The van der Waals surface area contributed by atoms with Crippen molar-refractivity contribution in [2.75, 3.05) is 17.6 Å². The molecule has 2 N–H and O–H groups in total. The summed E-state index contributed by atoms with van der Waals surface area (Å²) < 4.78 is 12.8. The highest BCUT2D eigenvalue weighted by atomic mass is 32.2. The van der Waals surface area contributed by atoms with Gasteiger partial charge in [0.2, 0.25) is 0 Å². The minimum atomic E-state index is -0.215. The average molecular weight is 301 g/mol. The zero-order valence-electron chi connectivity index (χ0n) is 11.7. The summed E-state index contributed by atoms with van der Waals surface area (Å²) in [6.45, 7) is 2.87. The van der Waals surface area contributed by atoms with Crippen molar-refractivity contribution in [2.45, 2.75) is 12.1 Å². The van der Waals surface area contributed by atoms with Crippen LogP contribution in [0.2, 0.25) is 0 Å². The molecule has 0 saturated heterocycles. The number of halogens is 1. The second kappa shape index (κ2) is 6.18. The number of hydrogen-bond acceptors (Lipinski definition) is 3. The van der Waals surface area contributed by atoms with Crippen molar-refractivity contribution in [3.63, 3.8) is 0 Å². The predicted molar refractivity (Wildman–Crippen MR) is 86.4 cm³/mol. The summed E-state index contributed by atoms with van der Waals surface area (Å²) in [5.41, 5.74) is 4.22. The van der Waals surface area contributed by atoms with E-state index in [2.05, 4.69) is 34.3 Å². The van der Waals surface area contributed by atoms with Gasteiger partial charge >= 0.3 is 0 Å². The lowest BCUT2D eigenvalue weighted by Gasteiger charge is -2.04. The first kappa shape index (κ1) is 13.9. The number of nitrogens with zero attached hydrogens (tertiary/aromatic N) is 1. The second-order valence-corrected chi connectivity index (χ2v) is 5.93. The van der Waals surface area contributed by atoms with Crippen LogP contribution in [0.25, 0.3) is 11.0 Å². The Morgan fingerprint density at radius 3 is 2.81 bits per heavy atom. The number of H-pyrrole nitrogens is 1. The van der Waals surface area contributed by atoms with Crippen LogP contribution in [0.3, 0.4) is 0 Å². The summed E-state index contributed by atoms with van der Waals surface area (Å²) in [5.74, 6) is 0.670. The highest BCUT2D eigenvalue weighted by Crippen LogP contribution is 2.20. The lowest BCUT2D eigenvalue weighted by atomic mass is 10.2. The van der Waals surface area contributed by atoms with Crippen LogP contribution in [0.4, 0.5) is 10.1 Å². The van der Waals surface area contributed by atoms with Gasteiger partial charge in [0.25, 0.3) is 0 Å². The summed E-state index contributed by atoms with van der Waals surface area (Å²) in [6.07, 6.45) is 0. The third-order valence-electron chi connectivity index (χ3n) is 3.13. The molecule has 3 aromatic rings. The van der Waals surface area contributed by atoms with Gasteiger partial charge in [-0.1, -0.05) is 17.8 Å². The summed E-state index contributed by atoms with van der Waals surface area (Å²) in [6, 6.07) is 12.6. The maximum atomic E-state index is 12.8. The summed E-state index contributed by atoms with van der Waals surface area (Å²) >= 11 is 1.67. The maximum absolute atomic E-state index is 12.8. The highest BCUT2D eigenvalue weighted by Gasteiger charge is 2.03. The summed E-state index contributed by atoms with van der Waals surface area (Å²) in [5, 5.41) is 4.18. The number of imidazole rings is 1. The quantitative estimate of drug-likeness (QED) is 0.548. The number of aryl methyl sites for hydroxylation is 1. The molecule has 1 aromatic heterocycles. The molecule has 3 rings (SSSR count). The number of fused-ring (bicyclic) bond motifs is 1. The molecule has 0 atom stereocenters. The lowest BCUT2D eigenvalue weighted by Crippen LogP contribution is -2.03. The van der Waals surface area contributed by atoms with E-state index in [1.54, 1.807) is 23.9 Å². The molecule has 2 aromatic carbocycles. The smallest absolute Gasteiger partial charge is 0.166 e. The van der Waals surface area contributed by atoms with E-state index in [0.29, 0.717) is 0 Å². The van der Waals surface area contributed by atoms with Gasteiger partial charge < -0.3 is 10.3 Å². The van der Waals surface area contributed by atoms with Crippen LogP contribution in [0.5, 0.6) is 0 Å². The topological polar surface area (TPSA) is 40.7 Å². The molecular formula is C16H16FN3S. The highest BCUT2D eigenvalue weighted by molar-refractivity contribution is 7.99. The summed E-state index contributed by atoms with van der Waals surface area (Å²) in [7, 11) is 0. The Balaban J connectivity index is 1.53. The van der Waals surface area contributed by atoms with Crippen molar-refractivity contribution in [3.05, 3.63) is 53.8 Å². The number of aromatic amines is 1. The van der Waals surface area contributed by atoms with Crippen molar-refractivity contribution in [3.8, 4) is 0 Å². The zero-order chi connectivity index (χ0) is 14.7. The van der Waals surface area contributed by atoms with Crippen LogP contribution in [0, 0.1) is 12.7 Å². The van der Waals surface area contributed by atoms with Crippen molar-refractivity contribution in [2.24, 2.45) is 0 Å². The minimum absolute atomic E-state index is 0.215. The predicted octanol–water partition coefficient (Wildman–Crippen LogP) is 4.21. The fourth-order valence-corrected chi connectivity index (χ4v) is 2.82. The molecule has 1 heterocycles. The molecule has 0 aliphatic rings. The molecule has 0 saturated carbocycles. The molecule has 0 amide bonds. The third kappa shape index (κ3) is 3.55. The van der Waals surface area contributed by atoms with E-state index in [1.807, 2.05) is 6.07 Å². The molecular weight excluding hydrogens is 285 g/mol. The fourth-order valence-electron chi connectivity index (χ4n) is 2.08. The van der Waals surface area contributed by atoms with Crippen LogP contribution in [0.15, 0.2) is 47.6 Å². The van der Waals surface area contributed by atoms with E-state index in [-0.39, 0.29) is 5.82 Å². The van der Waals surface area contributed by atoms with Crippen molar-refractivity contribution in [1.82, 2.24) is 9.97 Å². The van der Waals surface area contributed by atoms with Crippen molar-refractivity contribution in [1.29, 1.82) is 0 Å². The molecule has 108 valence electrons. The fraction of sp³-hybridized carbons (Fsp3) is 0.188. The SMILES string of the molecule is Cc1ccc2nc(SCCNc3ccc(F)cc3)[nH]c2c1. The molecule has 0 aliphatic heterocycles. The monoisotopic (exact) mass is 301 g/mol. The van der Waals surface area contributed by atoms with E-state index in [4.69, 9.17) is 0 Å². The zero-order valence-corrected chi connectivity index (χ0v) is 12.5. The Kier molecular flexibility index (Phi) is 4.10. The molecule has 3 nitrogen and oxygen atoms in total. The van der Waals surface area contributed by atoms with Gasteiger partial charge in [0.05, 0.1) is 11.0 Å². The number of anilines is 1. The first-order chi connectivity index (χ1) is 10.2. The Bertz CT molecular complexity index is 737. The average Bonchev–Trinajstić information content (AvgIpc) is 2.87. The molecule has 0 radical (unpaired) electrons. The van der Waals surface area contributed by atoms with Crippen molar-refractivity contribution < 1.29 is 4.39 Å². The van der Waals surface area contributed by atoms with Gasteiger partial charge in [-0.3, -0.25) is 0 Å². The van der Waals surface area contributed by atoms with Gasteiger partial charge in [-0.15, -0.1) is 0 Å². The Morgan fingerprint density at radius 1 is 1.19 bits per heavy atom. The number of rotatable bonds is 5. The number of benzene rings is 2. The maximum Gasteiger partial charge on any atom is 0.166 e. The van der Waals surface area contributed by atoms with Crippen molar-refractivity contribution >= 4 is 28.5 Å². The number of aromatic nitrogens is 2. The third-order valence-corrected chi connectivity index (χ3v) is 4.00. The summed E-state index contributed by atoms with van der Waals surface area (Å²) in [4.78, 5) is 7.86. The minimum Gasteiger partial charge on any atom is -0.384 e. The van der Waals surface area contributed by atoms with Crippen LogP contribution >= 0.6 is 11.8 Å². The van der Waals surface area contributed by atoms with E-state index in [1.165, 1.54) is 17.7 Å². The molecule has 5 heteroatoms. The van der Waals surface area contributed by atoms with E-state index >= 15 is 0 Å². The largest absolute Gasteiger partial charge is 0.384 e. The lowest BCUT2D eigenvalue weighted by molar-refractivity contribution is 0.628. The molecule has 21 heavy (non-hydrogen) atoms. The van der Waals surface area contributed by atoms with Gasteiger partial charge in [0.1, 0.15) is 5.82 Å². The van der Waals surface area contributed by atoms with E-state index in [9.17, 15) is 4.39 Å². The van der Waals surface area contributed by atoms with E-state index in [0.717, 1.165) is 34.2 Å². The molecule has 0 unspecified atom stereocenters. The second-order valence-electron chi connectivity index (χ2n) is 4.84. The first-order valence-corrected chi connectivity index (χ1v) is 7.78.